The van der Waals surface area contributed by atoms with Crippen molar-refractivity contribution in [3.63, 3.8) is 0 Å². The van der Waals surface area contributed by atoms with E-state index in [0.29, 0.717) is 0 Å². The van der Waals surface area contributed by atoms with Crippen LogP contribution in [0.1, 0.15) is 22.3 Å². The minimum atomic E-state index is 0.126. The van der Waals surface area contributed by atoms with Gasteiger partial charge in [0.05, 0.1) is 0 Å². The van der Waals surface area contributed by atoms with Crippen molar-refractivity contribution in [1.29, 1.82) is 0 Å². The lowest BCUT2D eigenvalue weighted by molar-refractivity contribution is 1.09. The monoisotopic (exact) mass is 627 g/mol. The summed E-state index contributed by atoms with van der Waals surface area (Å²) in [5.74, 6) is 0. The van der Waals surface area contributed by atoms with Crippen LogP contribution >= 0.6 is 0 Å². The molecule has 2 bridgehead atoms. The summed E-state index contributed by atoms with van der Waals surface area (Å²) in [6.07, 6.45) is 1.04. The molecule has 0 saturated carbocycles. The fourth-order valence-electron chi connectivity index (χ4n) is 8.21. The van der Waals surface area contributed by atoms with Gasteiger partial charge in [-0.3, -0.25) is 0 Å². The van der Waals surface area contributed by atoms with Crippen LogP contribution in [-0.2, 0) is 6.42 Å². The van der Waals surface area contributed by atoms with Gasteiger partial charge in [-0.2, -0.15) is 0 Å². The van der Waals surface area contributed by atoms with Gasteiger partial charge in [-0.25, -0.2) is 0 Å². The Morgan fingerprint density at radius 1 is 0.469 bits per heavy atom. The van der Waals surface area contributed by atoms with Crippen LogP contribution in [0.4, 0.5) is 51.2 Å². The third-order valence-electron chi connectivity index (χ3n) is 10.5. The van der Waals surface area contributed by atoms with Crippen molar-refractivity contribution in [2.24, 2.45) is 0 Å². The molecule has 0 fully saturated rings. The summed E-state index contributed by atoms with van der Waals surface area (Å²) >= 11 is 0. The molecule has 0 unspecified atom stereocenters. The first-order valence-corrected chi connectivity index (χ1v) is 17.2. The lowest BCUT2D eigenvalue weighted by Crippen LogP contribution is -2.62. The highest BCUT2D eigenvalue weighted by Gasteiger charge is 2.45. The first kappa shape index (κ1) is 28.1. The molecular formula is C45H34BN3. The van der Waals surface area contributed by atoms with Crippen molar-refractivity contribution in [3.05, 3.63) is 180 Å². The Labute approximate surface area is 288 Å². The first-order valence-electron chi connectivity index (χ1n) is 17.2. The van der Waals surface area contributed by atoms with Crippen LogP contribution in [-0.4, -0.2) is 6.71 Å². The number of benzene rings is 7. The Morgan fingerprint density at radius 2 is 1.04 bits per heavy atom. The Bertz CT molecular complexity index is 2390. The molecule has 0 aromatic heterocycles. The molecule has 7 aromatic rings. The highest BCUT2D eigenvalue weighted by Crippen LogP contribution is 2.47. The van der Waals surface area contributed by atoms with Gasteiger partial charge >= 0.3 is 0 Å². The fraction of sp³-hybridized carbons (Fsp3) is 0.0667. The zero-order chi connectivity index (χ0) is 32.6. The molecule has 0 N–H and O–H groups in total. The van der Waals surface area contributed by atoms with Crippen LogP contribution in [0.5, 0.6) is 0 Å². The van der Waals surface area contributed by atoms with E-state index in [1.807, 2.05) is 0 Å². The van der Waals surface area contributed by atoms with Gasteiger partial charge in [0.2, 0.25) is 0 Å². The largest absolute Gasteiger partial charge is 0.311 e. The third kappa shape index (κ3) is 4.30. The molecule has 2 heterocycles. The standard InChI is InChI=1S/C45H34BN3/c1-30-16-20-36(21-17-30)47(34-10-5-3-6-11-34)38-24-25-39-42(29-38)48(37-22-18-31(2)19-23-37)40-14-9-15-41-45(40)46(39)44-33-26-32(27-33)28-43(44)49(41)35-12-7-4-8-13-35/h3-26,28-29H,27H2,1-2H3. The zero-order valence-corrected chi connectivity index (χ0v) is 27.6. The van der Waals surface area contributed by atoms with Crippen LogP contribution in [0.2, 0.25) is 0 Å². The number of nitrogens with zero attached hydrogens (tertiary/aromatic N) is 3. The van der Waals surface area contributed by atoms with Crippen LogP contribution < -0.4 is 31.1 Å². The highest BCUT2D eigenvalue weighted by molar-refractivity contribution is 7.00. The van der Waals surface area contributed by atoms with E-state index >= 15 is 0 Å². The molecule has 4 heteroatoms. The van der Waals surface area contributed by atoms with Gasteiger partial charge in [0, 0.05) is 51.2 Å². The zero-order valence-electron chi connectivity index (χ0n) is 27.6. The normalized spacial score (nSPS) is 13.3. The number of para-hydroxylation sites is 2. The van der Waals surface area contributed by atoms with Crippen molar-refractivity contribution in [2.75, 3.05) is 14.7 Å². The van der Waals surface area contributed by atoms with Gasteiger partial charge in [-0.1, -0.05) is 90.0 Å². The molecule has 0 amide bonds. The summed E-state index contributed by atoms with van der Waals surface area (Å²) in [6, 6.07) is 58.3. The molecule has 11 rings (SSSR count). The van der Waals surface area contributed by atoms with Crippen molar-refractivity contribution in [1.82, 2.24) is 0 Å². The molecule has 3 nitrogen and oxygen atoms in total. The van der Waals surface area contributed by atoms with E-state index in [1.165, 1.54) is 67.1 Å². The van der Waals surface area contributed by atoms with E-state index in [0.717, 1.165) is 29.2 Å². The first-order chi connectivity index (χ1) is 24.1. The average Bonchev–Trinajstić information content (AvgIpc) is 3.13. The van der Waals surface area contributed by atoms with Crippen molar-refractivity contribution in [3.8, 4) is 0 Å². The maximum atomic E-state index is 2.50. The molecule has 0 atom stereocenters. The van der Waals surface area contributed by atoms with Crippen molar-refractivity contribution >= 4 is 74.3 Å². The van der Waals surface area contributed by atoms with Crippen LogP contribution in [0, 0.1) is 13.8 Å². The molecule has 232 valence electrons. The second kappa shape index (κ2) is 10.8. The predicted molar refractivity (Wildman–Crippen MR) is 207 cm³/mol. The molecule has 2 aliphatic heterocycles. The molecule has 2 aliphatic carbocycles. The molecule has 0 radical (unpaired) electrons. The van der Waals surface area contributed by atoms with Gasteiger partial charge in [-0.05, 0) is 127 Å². The lowest BCUT2D eigenvalue weighted by atomic mass is 9.32. The van der Waals surface area contributed by atoms with E-state index in [4.69, 9.17) is 0 Å². The SMILES string of the molecule is Cc1ccc(N(c2ccccc2)c2ccc3c(c2)N(c2ccc(C)cc2)c2cccc4c2B3c2c3cc(cc2N4c2ccccc2)C3)cc1. The van der Waals surface area contributed by atoms with Gasteiger partial charge in [0.25, 0.3) is 6.71 Å². The Kier molecular flexibility index (Phi) is 6.16. The lowest BCUT2D eigenvalue weighted by Gasteiger charge is -2.46. The second-order valence-corrected chi connectivity index (χ2v) is 13.6. The van der Waals surface area contributed by atoms with Gasteiger partial charge in [-0.15, -0.1) is 0 Å². The number of fused-ring (bicyclic) bond motifs is 2. The topological polar surface area (TPSA) is 9.72 Å². The van der Waals surface area contributed by atoms with Gasteiger partial charge in [0.15, 0.2) is 0 Å². The molecule has 0 saturated heterocycles. The molecular weight excluding hydrogens is 593 g/mol. The number of rotatable bonds is 5. The van der Waals surface area contributed by atoms with Crippen molar-refractivity contribution in [2.45, 2.75) is 20.3 Å². The van der Waals surface area contributed by atoms with Gasteiger partial charge in [0.1, 0.15) is 0 Å². The maximum absolute atomic E-state index is 2.50. The maximum Gasteiger partial charge on any atom is 0.252 e. The Morgan fingerprint density at radius 3 is 1.73 bits per heavy atom. The number of anilines is 9. The highest BCUT2D eigenvalue weighted by atomic mass is 15.2. The number of hydrogen-bond donors (Lipinski definition) is 0. The third-order valence-corrected chi connectivity index (χ3v) is 10.5. The number of aryl methyl sites for hydroxylation is 2. The minimum Gasteiger partial charge on any atom is -0.311 e. The molecule has 4 aliphatic rings. The molecule has 49 heavy (non-hydrogen) atoms. The smallest absolute Gasteiger partial charge is 0.252 e. The number of hydrogen-bond acceptors (Lipinski definition) is 3. The summed E-state index contributed by atoms with van der Waals surface area (Å²) in [5, 5.41) is 0. The Balaban J connectivity index is 1.25. The van der Waals surface area contributed by atoms with E-state index in [9.17, 15) is 0 Å². The second-order valence-electron chi connectivity index (χ2n) is 13.6. The summed E-state index contributed by atoms with van der Waals surface area (Å²) in [6.45, 7) is 4.43. The van der Waals surface area contributed by atoms with Gasteiger partial charge < -0.3 is 14.7 Å². The average molecular weight is 628 g/mol. The van der Waals surface area contributed by atoms with Crippen molar-refractivity contribution < 1.29 is 0 Å². The van der Waals surface area contributed by atoms with E-state index in [-0.39, 0.29) is 6.71 Å². The summed E-state index contributed by atoms with van der Waals surface area (Å²) in [4.78, 5) is 7.38. The summed E-state index contributed by atoms with van der Waals surface area (Å²) in [7, 11) is 0. The minimum absolute atomic E-state index is 0.126. The predicted octanol–water partition coefficient (Wildman–Crippen LogP) is 9.76. The Hall–Kier alpha value is -6.00. The van der Waals surface area contributed by atoms with E-state index in [1.54, 1.807) is 0 Å². The molecule has 7 aromatic carbocycles. The fourth-order valence-corrected chi connectivity index (χ4v) is 8.21. The van der Waals surface area contributed by atoms with Crippen LogP contribution in [0.15, 0.2) is 158 Å². The van der Waals surface area contributed by atoms with Crippen LogP contribution in [0.25, 0.3) is 0 Å². The summed E-state index contributed by atoms with van der Waals surface area (Å²) in [5.41, 5.74) is 20.3. The van der Waals surface area contributed by atoms with E-state index in [2.05, 4.69) is 186 Å². The van der Waals surface area contributed by atoms with Crippen LogP contribution in [0.3, 0.4) is 0 Å². The molecule has 0 spiro atoms. The quantitative estimate of drug-likeness (QED) is 0.176. The summed E-state index contributed by atoms with van der Waals surface area (Å²) < 4.78 is 0. The van der Waals surface area contributed by atoms with E-state index < -0.39 is 0 Å².